The summed E-state index contributed by atoms with van der Waals surface area (Å²) in [6, 6.07) is 18.6. The van der Waals surface area contributed by atoms with Crippen LogP contribution in [-0.2, 0) is 4.74 Å². The fraction of sp³-hybridized carbons (Fsp3) is 0.250. The molecular formula is C28H27Cl2N3O4. The molecule has 0 fully saturated rings. The predicted octanol–water partition coefficient (Wildman–Crippen LogP) is 5.94. The number of carbonyl (C=O) groups excluding carboxylic acids is 1. The molecule has 0 N–H and O–H groups in total. The lowest BCUT2D eigenvalue weighted by Gasteiger charge is -2.32. The Kier molecular flexibility index (Phi) is 8.48. The van der Waals surface area contributed by atoms with Crippen LogP contribution in [0, 0.1) is 0 Å². The van der Waals surface area contributed by atoms with Crippen molar-refractivity contribution in [3.05, 3.63) is 98.5 Å². The Bertz CT molecular complexity index is 1490. The van der Waals surface area contributed by atoms with Crippen LogP contribution in [0.1, 0.15) is 35.6 Å². The summed E-state index contributed by atoms with van der Waals surface area (Å²) in [6.07, 6.45) is 0.483. The molecule has 9 heteroatoms. The molecule has 3 aromatic carbocycles. The number of aromatic nitrogens is 2. The Labute approximate surface area is 225 Å². The molecule has 37 heavy (non-hydrogen) atoms. The van der Waals surface area contributed by atoms with E-state index in [1.165, 1.54) is 4.57 Å². The van der Waals surface area contributed by atoms with E-state index in [1.807, 2.05) is 25.1 Å². The van der Waals surface area contributed by atoms with Gasteiger partial charge in [0, 0.05) is 19.2 Å². The van der Waals surface area contributed by atoms with Crippen LogP contribution in [0.4, 0.5) is 0 Å². The highest BCUT2D eigenvalue weighted by atomic mass is 35.5. The third-order valence-electron chi connectivity index (χ3n) is 6.15. The van der Waals surface area contributed by atoms with Gasteiger partial charge in [-0.3, -0.25) is 14.2 Å². The van der Waals surface area contributed by atoms with Gasteiger partial charge in [0.2, 0.25) is 0 Å². The number of hydrogen-bond donors (Lipinski definition) is 0. The van der Waals surface area contributed by atoms with Gasteiger partial charge in [0.1, 0.15) is 11.6 Å². The van der Waals surface area contributed by atoms with Gasteiger partial charge in [-0.1, -0.05) is 54.4 Å². The molecule has 1 amide bonds. The summed E-state index contributed by atoms with van der Waals surface area (Å²) in [5, 5.41) is 1.10. The smallest absolute Gasteiger partial charge is 0.266 e. The molecule has 7 nitrogen and oxygen atoms in total. The second kappa shape index (κ2) is 11.8. The first kappa shape index (κ1) is 26.7. The number of rotatable bonds is 9. The number of hydrogen-bond acceptors (Lipinski definition) is 5. The molecule has 4 aromatic rings. The molecule has 0 bridgehead atoms. The Morgan fingerprint density at radius 1 is 1.03 bits per heavy atom. The molecule has 1 unspecified atom stereocenters. The molecule has 4 rings (SSSR count). The van der Waals surface area contributed by atoms with Gasteiger partial charge in [-0.05, 0) is 48.9 Å². The summed E-state index contributed by atoms with van der Waals surface area (Å²) >= 11 is 12.3. The largest absolute Gasteiger partial charge is 0.495 e. The van der Waals surface area contributed by atoms with E-state index in [0.717, 1.165) is 0 Å². The van der Waals surface area contributed by atoms with Crippen LogP contribution in [0.2, 0.25) is 10.0 Å². The number of amides is 1. The van der Waals surface area contributed by atoms with E-state index in [1.54, 1.807) is 67.7 Å². The summed E-state index contributed by atoms with van der Waals surface area (Å²) in [6.45, 7) is 2.50. The number of ether oxygens (including phenoxy) is 2. The van der Waals surface area contributed by atoms with E-state index in [4.69, 9.17) is 37.7 Å². The molecule has 1 aromatic heterocycles. The van der Waals surface area contributed by atoms with Crippen molar-refractivity contribution in [2.75, 3.05) is 27.4 Å². The molecule has 192 valence electrons. The highest BCUT2D eigenvalue weighted by molar-refractivity contribution is 6.42. The lowest BCUT2D eigenvalue weighted by Crippen LogP contribution is -2.40. The van der Waals surface area contributed by atoms with Gasteiger partial charge in [-0.25, -0.2) is 4.98 Å². The Balaban J connectivity index is 1.97. The van der Waals surface area contributed by atoms with Crippen molar-refractivity contribution in [3.8, 4) is 11.4 Å². The van der Waals surface area contributed by atoms with Crippen molar-refractivity contribution in [3.63, 3.8) is 0 Å². The van der Waals surface area contributed by atoms with Crippen molar-refractivity contribution in [1.82, 2.24) is 14.5 Å². The molecule has 0 aliphatic carbocycles. The van der Waals surface area contributed by atoms with Gasteiger partial charge >= 0.3 is 0 Å². The van der Waals surface area contributed by atoms with Crippen molar-refractivity contribution in [2.45, 2.75) is 19.4 Å². The SMILES string of the molecule is CCC(c1nc2ccccc2c(=O)n1-c1ccccc1OC)N(CCOC)C(=O)c1ccc(Cl)c(Cl)c1. The first-order valence-corrected chi connectivity index (χ1v) is 12.6. The number of benzene rings is 3. The second-order valence-electron chi connectivity index (χ2n) is 8.34. The Morgan fingerprint density at radius 2 is 1.76 bits per heavy atom. The van der Waals surface area contributed by atoms with Gasteiger partial charge < -0.3 is 14.4 Å². The molecule has 0 aliphatic heterocycles. The summed E-state index contributed by atoms with van der Waals surface area (Å²) < 4.78 is 12.5. The van der Waals surface area contributed by atoms with E-state index in [2.05, 4.69) is 0 Å². The summed E-state index contributed by atoms with van der Waals surface area (Å²) in [5.41, 5.74) is 1.20. The van der Waals surface area contributed by atoms with Crippen LogP contribution in [0.15, 0.2) is 71.5 Å². The maximum absolute atomic E-state index is 13.9. The van der Waals surface area contributed by atoms with Gasteiger partial charge in [0.05, 0.1) is 46.4 Å². The quantitative estimate of drug-likeness (QED) is 0.263. The lowest BCUT2D eigenvalue weighted by molar-refractivity contribution is 0.0579. The minimum absolute atomic E-state index is 0.253. The maximum Gasteiger partial charge on any atom is 0.266 e. The van der Waals surface area contributed by atoms with Crippen molar-refractivity contribution < 1.29 is 14.3 Å². The van der Waals surface area contributed by atoms with Gasteiger partial charge in [-0.15, -0.1) is 0 Å². The Morgan fingerprint density at radius 3 is 2.46 bits per heavy atom. The van der Waals surface area contributed by atoms with Gasteiger partial charge in [0.25, 0.3) is 11.5 Å². The molecule has 0 saturated carbocycles. The topological polar surface area (TPSA) is 73.7 Å². The van der Waals surface area contributed by atoms with Crippen LogP contribution in [0.25, 0.3) is 16.6 Å². The zero-order chi connectivity index (χ0) is 26.5. The third-order valence-corrected chi connectivity index (χ3v) is 6.89. The van der Waals surface area contributed by atoms with E-state index >= 15 is 0 Å². The third kappa shape index (κ3) is 5.34. The van der Waals surface area contributed by atoms with Crippen LogP contribution in [-0.4, -0.2) is 47.7 Å². The van der Waals surface area contributed by atoms with E-state index < -0.39 is 6.04 Å². The molecule has 0 radical (unpaired) electrons. The summed E-state index contributed by atoms with van der Waals surface area (Å²) in [4.78, 5) is 34.3. The predicted molar refractivity (Wildman–Crippen MR) is 146 cm³/mol. The standard InChI is InChI=1S/C28H27Cl2N3O4/c1-4-23(32(15-16-36-2)27(34)18-13-14-20(29)21(30)17-18)26-31-22-10-6-5-9-19(22)28(35)33(26)24-11-7-8-12-25(24)37-3/h5-14,17,23H,4,15-16H2,1-3H3. The van der Waals surface area contributed by atoms with Crippen LogP contribution >= 0.6 is 23.2 Å². The van der Waals surface area contributed by atoms with Crippen molar-refractivity contribution in [1.29, 1.82) is 0 Å². The summed E-state index contributed by atoms with van der Waals surface area (Å²) in [7, 11) is 3.12. The minimum atomic E-state index is -0.570. The number of para-hydroxylation sites is 3. The number of halogens is 2. The number of nitrogens with zero attached hydrogens (tertiary/aromatic N) is 3. The fourth-order valence-corrected chi connectivity index (χ4v) is 4.64. The first-order valence-electron chi connectivity index (χ1n) is 11.8. The molecule has 0 spiro atoms. The zero-order valence-corrected chi connectivity index (χ0v) is 22.3. The summed E-state index contributed by atoms with van der Waals surface area (Å²) in [5.74, 6) is 0.647. The number of carbonyl (C=O) groups is 1. The first-order chi connectivity index (χ1) is 17.9. The van der Waals surface area contributed by atoms with E-state index in [9.17, 15) is 9.59 Å². The van der Waals surface area contributed by atoms with E-state index in [-0.39, 0.29) is 29.6 Å². The second-order valence-corrected chi connectivity index (χ2v) is 9.16. The molecular weight excluding hydrogens is 513 g/mol. The lowest BCUT2D eigenvalue weighted by atomic mass is 10.1. The molecule has 1 atom stereocenters. The van der Waals surface area contributed by atoms with Crippen LogP contribution < -0.4 is 10.3 Å². The molecule has 0 aliphatic rings. The minimum Gasteiger partial charge on any atom is -0.495 e. The van der Waals surface area contributed by atoms with Crippen molar-refractivity contribution in [2.24, 2.45) is 0 Å². The monoisotopic (exact) mass is 539 g/mol. The molecule has 0 saturated heterocycles. The fourth-order valence-electron chi connectivity index (χ4n) is 4.35. The maximum atomic E-state index is 13.9. The van der Waals surface area contributed by atoms with Gasteiger partial charge in [-0.2, -0.15) is 0 Å². The van der Waals surface area contributed by atoms with Crippen LogP contribution in [0.5, 0.6) is 5.75 Å². The van der Waals surface area contributed by atoms with Crippen molar-refractivity contribution >= 4 is 40.0 Å². The average Bonchev–Trinajstić information content (AvgIpc) is 2.92. The highest BCUT2D eigenvalue weighted by Crippen LogP contribution is 2.31. The Hall–Kier alpha value is -3.39. The number of methoxy groups -OCH3 is 2. The highest BCUT2D eigenvalue weighted by Gasteiger charge is 2.30. The zero-order valence-electron chi connectivity index (χ0n) is 20.8. The normalized spacial score (nSPS) is 11.9. The van der Waals surface area contributed by atoms with Crippen LogP contribution in [0.3, 0.4) is 0 Å². The van der Waals surface area contributed by atoms with Gasteiger partial charge in [0.15, 0.2) is 0 Å². The number of fused-ring (bicyclic) bond motifs is 1. The average molecular weight is 540 g/mol. The van der Waals surface area contributed by atoms with E-state index in [0.29, 0.717) is 45.2 Å². The molecule has 1 heterocycles.